The van der Waals surface area contributed by atoms with Crippen LogP contribution in [0, 0.1) is 18.8 Å². The highest BCUT2D eigenvalue weighted by molar-refractivity contribution is 6.12. The van der Waals surface area contributed by atoms with Crippen molar-refractivity contribution in [3.05, 3.63) is 57.9 Å². The van der Waals surface area contributed by atoms with Gasteiger partial charge in [0.25, 0.3) is 0 Å². The van der Waals surface area contributed by atoms with Gasteiger partial charge in [-0.2, -0.15) is 0 Å². The van der Waals surface area contributed by atoms with Gasteiger partial charge in [-0.05, 0) is 38.7 Å². The van der Waals surface area contributed by atoms with E-state index < -0.39 is 23.8 Å². The lowest BCUT2D eigenvalue weighted by Crippen LogP contribution is -2.43. The number of ether oxygens (including phenoxy) is 3. The molecule has 1 aromatic rings. The predicted octanol–water partition coefficient (Wildman–Crippen LogP) is 3.19. The molecule has 0 spiro atoms. The molecule has 172 valence electrons. The van der Waals surface area contributed by atoms with E-state index >= 15 is 0 Å². The van der Waals surface area contributed by atoms with E-state index in [2.05, 4.69) is 5.32 Å². The van der Waals surface area contributed by atoms with Crippen LogP contribution in [-0.2, 0) is 28.6 Å². The molecular weight excluding hydrogens is 410 g/mol. The third kappa shape index (κ3) is 4.63. The van der Waals surface area contributed by atoms with Crippen molar-refractivity contribution in [3.8, 4) is 0 Å². The van der Waals surface area contributed by atoms with Crippen LogP contribution >= 0.6 is 0 Å². The van der Waals surface area contributed by atoms with Gasteiger partial charge < -0.3 is 19.5 Å². The van der Waals surface area contributed by atoms with Crippen molar-refractivity contribution in [2.75, 3.05) is 26.9 Å². The first-order chi connectivity index (χ1) is 15.3. The Morgan fingerprint density at radius 3 is 2.44 bits per heavy atom. The number of aryl methyl sites for hydroxylation is 1. The van der Waals surface area contributed by atoms with Gasteiger partial charge >= 0.3 is 11.9 Å². The van der Waals surface area contributed by atoms with E-state index in [0.29, 0.717) is 36.5 Å². The lowest BCUT2D eigenvalue weighted by Gasteiger charge is -2.38. The van der Waals surface area contributed by atoms with E-state index in [9.17, 15) is 14.4 Å². The second-order valence-electron chi connectivity index (χ2n) is 8.28. The highest BCUT2D eigenvalue weighted by Gasteiger charge is 2.47. The predicted molar refractivity (Wildman–Crippen MR) is 119 cm³/mol. The fraction of sp³-hybridized carbons (Fsp3) is 0.480. The number of benzene rings is 1. The molecule has 0 radical (unpaired) electrons. The molecule has 3 rings (SSSR count). The number of hydrogen-bond acceptors (Lipinski definition) is 7. The summed E-state index contributed by atoms with van der Waals surface area (Å²) in [6.45, 7) is 8.46. The number of methoxy groups -OCH3 is 1. The van der Waals surface area contributed by atoms with E-state index in [1.165, 1.54) is 7.11 Å². The molecule has 32 heavy (non-hydrogen) atoms. The molecular formula is C25H31NO6. The maximum absolute atomic E-state index is 13.6. The molecule has 1 N–H and O–H groups in total. The van der Waals surface area contributed by atoms with E-state index in [0.717, 1.165) is 16.8 Å². The topological polar surface area (TPSA) is 90.9 Å². The number of carbonyl (C=O) groups excluding carboxylic acids is 3. The standard InChI is InChI=1S/C25H31NO6/c1-6-31-11-12-32-25(29)20-16(4)26-18-13-15(3)19(24(28)30-5)23(27)22(18)21(20)17-9-7-14(2)8-10-17/h7-10,15,19,21,26H,6,11-13H2,1-5H3/t15-,19+,21+/m0/s1. The Kier molecular flexibility index (Phi) is 7.51. The molecule has 2 aliphatic rings. The molecule has 1 aliphatic heterocycles. The van der Waals surface area contributed by atoms with Gasteiger partial charge in [0.15, 0.2) is 5.78 Å². The quantitative estimate of drug-likeness (QED) is 0.395. The van der Waals surface area contributed by atoms with Crippen LogP contribution in [-0.4, -0.2) is 44.7 Å². The summed E-state index contributed by atoms with van der Waals surface area (Å²) in [7, 11) is 1.29. The monoisotopic (exact) mass is 441 g/mol. The smallest absolute Gasteiger partial charge is 0.336 e. The number of dihydropyridines is 1. The Morgan fingerprint density at radius 1 is 1.12 bits per heavy atom. The first-order valence-electron chi connectivity index (χ1n) is 10.9. The Labute approximate surface area is 188 Å². The number of ketones is 1. The zero-order valence-electron chi connectivity index (χ0n) is 19.3. The van der Waals surface area contributed by atoms with Crippen molar-refractivity contribution < 1.29 is 28.6 Å². The summed E-state index contributed by atoms with van der Waals surface area (Å²) in [5.74, 6) is -3.11. The molecule has 7 heteroatoms. The van der Waals surface area contributed by atoms with Crippen LogP contribution in [0.5, 0.6) is 0 Å². The minimum Gasteiger partial charge on any atom is -0.468 e. The van der Waals surface area contributed by atoms with E-state index in [-0.39, 0.29) is 18.3 Å². The molecule has 3 atom stereocenters. The maximum atomic E-state index is 13.6. The van der Waals surface area contributed by atoms with Crippen molar-refractivity contribution in [1.29, 1.82) is 0 Å². The summed E-state index contributed by atoms with van der Waals surface area (Å²) in [6, 6.07) is 7.71. The van der Waals surface area contributed by atoms with Gasteiger partial charge in [0, 0.05) is 29.5 Å². The maximum Gasteiger partial charge on any atom is 0.336 e. The van der Waals surface area contributed by atoms with Crippen LogP contribution in [0.1, 0.15) is 44.2 Å². The Balaban J connectivity index is 2.06. The number of nitrogens with one attached hydrogen (secondary N) is 1. The number of hydrogen-bond donors (Lipinski definition) is 1. The molecule has 0 unspecified atom stereocenters. The highest BCUT2D eigenvalue weighted by atomic mass is 16.6. The average Bonchev–Trinajstić information content (AvgIpc) is 2.76. The van der Waals surface area contributed by atoms with Crippen LogP contribution in [0.3, 0.4) is 0 Å². The van der Waals surface area contributed by atoms with Crippen LogP contribution in [0.2, 0.25) is 0 Å². The third-order valence-electron chi connectivity index (χ3n) is 6.04. The number of allylic oxidation sites excluding steroid dienone is 3. The van der Waals surface area contributed by atoms with Gasteiger partial charge in [-0.25, -0.2) is 4.79 Å². The lowest BCUT2D eigenvalue weighted by molar-refractivity contribution is -0.151. The van der Waals surface area contributed by atoms with Crippen molar-refractivity contribution >= 4 is 17.7 Å². The average molecular weight is 442 g/mol. The summed E-state index contributed by atoms with van der Waals surface area (Å²) >= 11 is 0. The first kappa shape index (κ1) is 23.7. The van der Waals surface area contributed by atoms with Gasteiger partial charge in [0.1, 0.15) is 12.5 Å². The molecule has 1 aliphatic carbocycles. The van der Waals surface area contributed by atoms with Gasteiger partial charge in [0.2, 0.25) is 0 Å². The Morgan fingerprint density at radius 2 is 1.81 bits per heavy atom. The molecule has 0 aromatic heterocycles. The van der Waals surface area contributed by atoms with Crippen molar-refractivity contribution in [2.24, 2.45) is 11.8 Å². The summed E-state index contributed by atoms with van der Waals surface area (Å²) in [5.41, 5.74) is 4.06. The van der Waals surface area contributed by atoms with E-state index in [1.54, 1.807) is 0 Å². The number of rotatable bonds is 7. The molecule has 0 saturated heterocycles. The van der Waals surface area contributed by atoms with E-state index in [1.807, 2.05) is 52.0 Å². The summed E-state index contributed by atoms with van der Waals surface area (Å²) in [6.07, 6.45) is 0.507. The van der Waals surface area contributed by atoms with Crippen LogP contribution in [0.25, 0.3) is 0 Å². The number of Topliss-reactive ketones (excluding diaryl/α,β-unsaturated/α-hetero) is 1. The third-order valence-corrected chi connectivity index (χ3v) is 6.04. The van der Waals surface area contributed by atoms with Crippen molar-refractivity contribution in [1.82, 2.24) is 5.32 Å². The minimum atomic E-state index is -0.901. The second kappa shape index (κ2) is 10.1. The van der Waals surface area contributed by atoms with Gasteiger partial charge in [-0.1, -0.05) is 36.8 Å². The lowest BCUT2D eigenvalue weighted by atomic mass is 9.69. The molecule has 0 fully saturated rings. The van der Waals surface area contributed by atoms with Crippen LogP contribution in [0.4, 0.5) is 0 Å². The SMILES string of the molecule is CCOCCOC(=O)C1=C(C)NC2=C(C(=O)[C@H](C(=O)OC)[C@@H](C)C2)[C@@H]1c1ccc(C)cc1. The molecule has 0 saturated carbocycles. The fourth-order valence-corrected chi connectivity index (χ4v) is 4.46. The fourth-order valence-electron chi connectivity index (χ4n) is 4.46. The summed E-state index contributed by atoms with van der Waals surface area (Å²) in [4.78, 5) is 39.2. The van der Waals surface area contributed by atoms with Gasteiger partial charge in [0.05, 0.1) is 19.3 Å². The number of esters is 2. The summed E-state index contributed by atoms with van der Waals surface area (Å²) in [5, 5.41) is 3.25. The zero-order valence-corrected chi connectivity index (χ0v) is 19.3. The van der Waals surface area contributed by atoms with Crippen LogP contribution < -0.4 is 5.32 Å². The minimum absolute atomic E-state index is 0.117. The molecule has 1 heterocycles. The highest BCUT2D eigenvalue weighted by Crippen LogP contribution is 2.45. The molecule has 7 nitrogen and oxygen atoms in total. The van der Waals surface area contributed by atoms with E-state index in [4.69, 9.17) is 14.2 Å². The largest absolute Gasteiger partial charge is 0.468 e. The second-order valence-corrected chi connectivity index (χ2v) is 8.28. The zero-order chi connectivity index (χ0) is 23.4. The molecule has 1 aromatic carbocycles. The molecule has 0 amide bonds. The Bertz CT molecular complexity index is 959. The van der Waals surface area contributed by atoms with Gasteiger partial charge in [-0.15, -0.1) is 0 Å². The van der Waals surface area contributed by atoms with Crippen molar-refractivity contribution in [2.45, 2.75) is 40.0 Å². The van der Waals surface area contributed by atoms with Crippen molar-refractivity contribution in [3.63, 3.8) is 0 Å². The summed E-state index contributed by atoms with van der Waals surface area (Å²) < 4.78 is 15.7. The number of carbonyl (C=O) groups is 3. The Hall–Kier alpha value is -2.93. The first-order valence-corrected chi connectivity index (χ1v) is 10.9. The van der Waals surface area contributed by atoms with Crippen LogP contribution in [0.15, 0.2) is 46.8 Å². The van der Waals surface area contributed by atoms with Gasteiger partial charge in [-0.3, -0.25) is 9.59 Å². The normalized spacial score (nSPS) is 22.9. The molecule has 0 bridgehead atoms.